The van der Waals surface area contributed by atoms with Crippen LogP contribution in [0.2, 0.25) is 0 Å². The molecule has 3 aliphatic heterocycles. The Morgan fingerprint density at radius 3 is 2.61 bits per heavy atom. The van der Waals surface area contributed by atoms with Gasteiger partial charge in [0.25, 0.3) is 0 Å². The summed E-state index contributed by atoms with van der Waals surface area (Å²) in [5, 5.41) is 4.46. The Morgan fingerprint density at radius 1 is 1.15 bits per heavy atom. The summed E-state index contributed by atoms with van der Waals surface area (Å²) < 4.78 is 21.0. The fourth-order valence-corrected chi connectivity index (χ4v) is 5.05. The molecule has 33 heavy (non-hydrogen) atoms. The zero-order valence-electron chi connectivity index (χ0n) is 17.9. The lowest BCUT2D eigenvalue weighted by atomic mass is 9.66. The van der Waals surface area contributed by atoms with E-state index in [1.165, 1.54) is 24.7 Å². The summed E-state index contributed by atoms with van der Waals surface area (Å²) in [7, 11) is 0. The van der Waals surface area contributed by atoms with E-state index in [0.717, 1.165) is 0 Å². The number of carbonyl (C=O) groups excluding carboxylic acids is 3. The van der Waals surface area contributed by atoms with Gasteiger partial charge >= 0.3 is 6.03 Å². The zero-order valence-corrected chi connectivity index (χ0v) is 17.9. The summed E-state index contributed by atoms with van der Waals surface area (Å²) in [5.74, 6) is 3.62. The molecule has 168 valence electrons. The molecular formula is C23H20FN5O4. The van der Waals surface area contributed by atoms with Crippen molar-refractivity contribution in [3.63, 3.8) is 0 Å². The highest BCUT2D eigenvalue weighted by molar-refractivity contribution is 6.20. The molecule has 0 unspecified atom stereocenters. The van der Waals surface area contributed by atoms with Crippen molar-refractivity contribution in [2.45, 2.75) is 38.5 Å². The van der Waals surface area contributed by atoms with Gasteiger partial charge in [0, 0.05) is 24.6 Å². The van der Waals surface area contributed by atoms with Crippen LogP contribution in [-0.2, 0) is 20.7 Å². The van der Waals surface area contributed by atoms with Crippen LogP contribution in [0.1, 0.15) is 30.7 Å². The molecule has 3 aliphatic rings. The van der Waals surface area contributed by atoms with Crippen molar-refractivity contribution in [1.82, 2.24) is 20.6 Å². The minimum absolute atomic E-state index is 0.0311. The monoisotopic (exact) mass is 449 g/mol. The van der Waals surface area contributed by atoms with Gasteiger partial charge in [-0.05, 0) is 43.9 Å². The van der Waals surface area contributed by atoms with Gasteiger partial charge in [0.1, 0.15) is 11.5 Å². The number of urea groups is 1. The van der Waals surface area contributed by atoms with Gasteiger partial charge < -0.3 is 9.64 Å². The van der Waals surface area contributed by atoms with Gasteiger partial charge in [-0.15, -0.1) is 0 Å². The first-order valence-corrected chi connectivity index (χ1v) is 10.5. The molecule has 1 aromatic heterocycles. The fraction of sp³-hybridized carbons (Fsp3) is 0.348. The number of aromatic nitrogens is 2. The summed E-state index contributed by atoms with van der Waals surface area (Å²) in [4.78, 5) is 47.9. The third-order valence-electron chi connectivity index (χ3n) is 6.29. The smallest absolute Gasteiger partial charge is 0.328 e. The molecule has 4 heterocycles. The zero-order chi connectivity index (χ0) is 23.3. The topological polar surface area (TPSA) is 114 Å². The Morgan fingerprint density at radius 2 is 1.91 bits per heavy atom. The summed E-state index contributed by atoms with van der Waals surface area (Å²) in [6.45, 7) is 3.99. The molecule has 4 amide bonds. The number of carbonyl (C=O) groups is 3. The summed E-state index contributed by atoms with van der Waals surface area (Å²) in [6.07, 6.45) is 3.69. The number of hydrogen-bond acceptors (Lipinski definition) is 7. The van der Waals surface area contributed by atoms with Crippen LogP contribution in [0.4, 0.5) is 14.9 Å². The number of nitrogens with one attached hydrogen (secondary N) is 2. The quantitative estimate of drug-likeness (QED) is 0.454. The number of benzene rings is 1. The maximum Gasteiger partial charge on any atom is 0.328 e. The summed E-state index contributed by atoms with van der Waals surface area (Å²) in [5.41, 5.74) is 0.0276. The maximum atomic E-state index is 15.1. The number of ether oxygens (including phenoxy) is 1. The van der Waals surface area contributed by atoms with Crippen LogP contribution < -0.4 is 15.5 Å². The first-order chi connectivity index (χ1) is 15.8. The number of imide groups is 2. The number of morpholine rings is 1. The van der Waals surface area contributed by atoms with E-state index in [4.69, 9.17) is 4.74 Å². The maximum absolute atomic E-state index is 15.1. The molecule has 1 spiro atoms. The van der Waals surface area contributed by atoms with Crippen molar-refractivity contribution < 1.29 is 23.5 Å². The van der Waals surface area contributed by atoms with E-state index in [2.05, 4.69) is 32.4 Å². The molecule has 2 fully saturated rings. The molecule has 2 aromatic rings. The normalized spacial score (nSPS) is 25.4. The Kier molecular flexibility index (Phi) is 4.87. The lowest BCUT2D eigenvalue weighted by Gasteiger charge is -2.55. The molecule has 3 atom stereocenters. The van der Waals surface area contributed by atoms with E-state index in [1.807, 2.05) is 11.8 Å². The highest BCUT2D eigenvalue weighted by Crippen LogP contribution is 2.47. The largest absolute Gasteiger partial charge is 0.372 e. The Labute approximate surface area is 188 Å². The van der Waals surface area contributed by atoms with Gasteiger partial charge in [0.15, 0.2) is 5.41 Å². The van der Waals surface area contributed by atoms with E-state index >= 15 is 4.39 Å². The highest BCUT2D eigenvalue weighted by atomic mass is 19.1. The summed E-state index contributed by atoms with van der Waals surface area (Å²) in [6, 6.07) is 1.35. The average Bonchev–Trinajstić information content (AvgIpc) is 2.76. The Hall–Kier alpha value is -3.84. The van der Waals surface area contributed by atoms with Crippen LogP contribution in [-0.4, -0.2) is 52.6 Å². The van der Waals surface area contributed by atoms with Gasteiger partial charge in [-0.2, -0.15) is 0 Å². The van der Waals surface area contributed by atoms with Gasteiger partial charge in [-0.3, -0.25) is 25.2 Å². The van der Waals surface area contributed by atoms with Crippen molar-refractivity contribution >= 4 is 23.5 Å². The molecule has 10 heteroatoms. The first kappa shape index (κ1) is 21.0. The number of anilines is 1. The molecule has 2 N–H and O–H groups in total. The van der Waals surface area contributed by atoms with Gasteiger partial charge in [-0.25, -0.2) is 14.2 Å². The molecule has 9 nitrogen and oxygen atoms in total. The van der Waals surface area contributed by atoms with Crippen LogP contribution in [0.15, 0.2) is 30.7 Å². The van der Waals surface area contributed by atoms with E-state index < -0.39 is 41.2 Å². The predicted octanol–water partition coefficient (Wildman–Crippen LogP) is 0.906. The van der Waals surface area contributed by atoms with E-state index in [1.54, 1.807) is 13.0 Å². The van der Waals surface area contributed by atoms with Gasteiger partial charge in [0.2, 0.25) is 11.8 Å². The number of hydrogen-bond donors (Lipinski definition) is 2. The van der Waals surface area contributed by atoms with Crippen molar-refractivity contribution in [3.8, 4) is 11.8 Å². The minimum Gasteiger partial charge on any atom is -0.372 e. The van der Waals surface area contributed by atoms with E-state index in [-0.39, 0.29) is 18.1 Å². The lowest BCUT2D eigenvalue weighted by molar-refractivity contribution is -0.153. The number of halogens is 1. The molecule has 0 aliphatic carbocycles. The van der Waals surface area contributed by atoms with Gasteiger partial charge in [-0.1, -0.05) is 5.92 Å². The second-order valence-electron chi connectivity index (χ2n) is 8.44. The lowest BCUT2D eigenvalue weighted by Crippen LogP contribution is -2.75. The second kappa shape index (κ2) is 7.64. The Bertz CT molecular complexity index is 1220. The number of fused-ring (bicyclic) bond motifs is 4. The van der Waals surface area contributed by atoms with Crippen LogP contribution >= 0.6 is 0 Å². The van der Waals surface area contributed by atoms with Crippen LogP contribution in [0, 0.1) is 23.1 Å². The SMILES string of the molecule is C[C@@H]1CN2c3cc(F)c(C#Cc4cnccn4)cc3CC3(C(=O)NC(=O)NC3=O)[C@H]2[C@H](C)O1. The van der Waals surface area contributed by atoms with Crippen molar-refractivity contribution in [2.75, 3.05) is 11.4 Å². The fourth-order valence-electron chi connectivity index (χ4n) is 5.05. The molecule has 0 radical (unpaired) electrons. The highest BCUT2D eigenvalue weighted by Gasteiger charge is 2.62. The molecule has 5 rings (SSSR count). The third kappa shape index (κ3) is 3.32. The number of nitrogens with zero attached hydrogens (tertiary/aromatic N) is 3. The average molecular weight is 449 g/mol. The number of rotatable bonds is 0. The van der Waals surface area contributed by atoms with Crippen molar-refractivity contribution in [1.29, 1.82) is 0 Å². The van der Waals surface area contributed by atoms with Crippen LogP contribution in [0.25, 0.3) is 0 Å². The van der Waals surface area contributed by atoms with Gasteiger partial charge in [0.05, 0.1) is 30.0 Å². The van der Waals surface area contributed by atoms with Crippen LogP contribution in [0.5, 0.6) is 0 Å². The minimum atomic E-state index is -1.62. The molecule has 2 saturated heterocycles. The Balaban J connectivity index is 1.65. The molecule has 0 bridgehead atoms. The number of barbiturate groups is 1. The number of amides is 4. The van der Waals surface area contributed by atoms with Crippen molar-refractivity contribution in [3.05, 3.63) is 53.4 Å². The van der Waals surface area contributed by atoms with E-state index in [0.29, 0.717) is 23.5 Å². The first-order valence-electron chi connectivity index (χ1n) is 10.5. The van der Waals surface area contributed by atoms with Crippen LogP contribution in [0.3, 0.4) is 0 Å². The predicted molar refractivity (Wildman–Crippen MR) is 113 cm³/mol. The van der Waals surface area contributed by atoms with Crippen molar-refractivity contribution in [2.24, 2.45) is 5.41 Å². The third-order valence-corrected chi connectivity index (χ3v) is 6.29. The van der Waals surface area contributed by atoms with E-state index in [9.17, 15) is 14.4 Å². The molecular weight excluding hydrogens is 429 g/mol. The second-order valence-corrected chi connectivity index (χ2v) is 8.44. The molecule has 0 saturated carbocycles. The molecule has 1 aromatic carbocycles. The standard InChI is InChI=1S/C23H20FN5O4/c1-12-11-29-18-8-17(24)14(3-4-16-10-25-5-6-26-16)7-15(18)9-23(19(29)13(2)33-12)20(30)27-22(32)28-21(23)31/h5-8,10,12-13,19H,9,11H2,1-2H3,(H2,27,28,30,31,32)/t12-,13+,19-/m1/s1. The summed E-state index contributed by atoms with van der Waals surface area (Å²) >= 11 is 0.